The van der Waals surface area contributed by atoms with E-state index in [1.165, 1.54) is 18.5 Å². The number of nitrogens with one attached hydrogen (secondary N) is 1. The summed E-state index contributed by atoms with van der Waals surface area (Å²) >= 11 is 0. The van der Waals surface area contributed by atoms with Crippen LogP contribution in [0.1, 0.15) is 0 Å². The van der Waals surface area contributed by atoms with Crippen LogP contribution in [-0.4, -0.2) is 29.1 Å². The van der Waals surface area contributed by atoms with E-state index in [9.17, 15) is 17.6 Å². The van der Waals surface area contributed by atoms with E-state index < -0.39 is 26.8 Å². The van der Waals surface area contributed by atoms with Crippen LogP contribution in [0.4, 0.5) is 10.1 Å². The van der Waals surface area contributed by atoms with E-state index in [1.807, 2.05) is 0 Å². The Bertz CT molecular complexity index is 743. The summed E-state index contributed by atoms with van der Waals surface area (Å²) in [4.78, 5) is 14.2. The molecule has 0 atom stereocenters. The molecule has 2 heterocycles. The third kappa shape index (κ3) is 3.09. The van der Waals surface area contributed by atoms with Gasteiger partial charge < -0.3 is 5.73 Å². The van der Waals surface area contributed by atoms with Gasteiger partial charge in [-0.1, -0.05) is 0 Å². The first kappa shape index (κ1) is 13.9. The average molecular weight is 299 g/mol. The van der Waals surface area contributed by atoms with Gasteiger partial charge in [-0.3, -0.25) is 14.2 Å². The van der Waals surface area contributed by atoms with Crippen molar-refractivity contribution in [1.29, 1.82) is 0 Å². The number of pyridine rings is 1. The number of carbonyl (C=O) groups is 1. The SMILES string of the molecule is NC(=O)Cn1cc(NS(=O)(=O)c2ncccc2F)cn1. The van der Waals surface area contributed by atoms with Crippen LogP contribution in [0.15, 0.2) is 35.7 Å². The second kappa shape index (κ2) is 5.25. The zero-order valence-electron chi connectivity index (χ0n) is 10.0. The minimum Gasteiger partial charge on any atom is -0.368 e. The van der Waals surface area contributed by atoms with Crippen molar-refractivity contribution in [2.75, 3.05) is 4.72 Å². The largest absolute Gasteiger partial charge is 0.368 e. The number of amides is 1. The normalized spacial score (nSPS) is 11.2. The van der Waals surface area contributed by atoms with E-state index in [2.05, 4.69) is 14.8 Å². The van der Waals surface area contributed by atoms with Crippen LogP contribution in [-0.2, 0) is 21.4 Å². The molecule has 3 N–H and O–H groups in total. The number of anilines is 1. The van der Waals surface area contributed by atoms with Gasteiger partial charge in [0.2, 0.25) is 10.9 Å². The van der Waals surface area contributed by atoms with Crippen LogP contribution in [0.25, 0.3) is 0 Å². The Kier molecular flexibility index (Phi) is 3.66. The molecule has 1 amide bonds. The highest BCUT2D eigenvalue weighted by Gasteiger charge is 2.21. The van der Waals surface area contributed by atoms with Gasteiger partial charge in [0.05, 0.1) is 11.9 Å². The number of carbonyl (C=O) groups excluding carboxylic acids is 1. The smallest absolute Gasteiger partial charge is 0.282 e. The summed E-state index contributed by atoms with van der Waals surface area (Å²) in [6.07, 6.45) is 3.58. The third-order valence-electron chi connectivity index (χ3n) is 2.18. The Balaban J connectivity index is 2.23. The van der Waals surface area contributed by atoms with Crippen molar-refractivity contribution < 1.29 is 17.6 Å². The molecule has 0 aliphatic carbocycles. The molecule has 106 valence electrons. The molecule has 0 aliphatic heterocycles. The van der Waals surface area contributed by atoms with Crippen molar-refractivity contribution in [3.05, 3.63) is 36.5 Å². The van der Waals surface area contributed by atoms with Crippen molar-refractivity contribution in [2.24, 2.45) is 5.73 Å². The van der Waals surface area contributed by atoms with E-state index >= 15 is 0 Å². The summed E-state index contributed by atoms with van der Waals surface area (Å²) in [5, 5.41) is 3.01. The fraction of sp³-hybridized carbons (Fsp3) is 0.100. The molecule has 0 aliphatic rings. The summed E-state index contributed by atoms with van der Waals surface area (Å²) in [7, 11) is -4.16. The maximum atomic E-state index is 13.4. The highest BCUT2D eigenvalue weighted by atomic mass is 32.2. The molecule has 0 unspecified atom stereocenters. The Morgan fingerprint density at radius 3 is 2.90 bits per heavy atom. The van der Waals surface area contributed by atoms with E-state index in [1.54, 1.807) is 0 Å². The summed E-state index contributed by atoms with van der Waals surface area (Å²) in [5.74, 6) is -1.59. The zero-order valence-corrected chi connectivity index (χ0v) is 10.8. The first-order valence-electron chi connectivity index (χ1n) is 5.32. The van der Waals surface area contributed by atoms with Crippen LogP contribution < -0.4 is 10.5 Å². The molecule has 10 heteroatoms. The molecular formula is C10H10FN5O3S. The van der Waals surface area contributed by atoms with Gasteiger partial charge >= 0.3 is 0 Å². The number of rotatable bonds is 5. The topological polar surface area (TPSA) is 120 Å². The molecule has 0 saturated carbocycles. The lowest BCUT2D eigenvalue weighted by Gasteiger charge is -2.05. The van der Waals surface area contributed by atoms with Crippen LogP contribution in [0.5, 0.6) is 0 Å². The molecule has 2 rings (SSSR count). The molecule has 8 nitrogen and oxygen atoms in total. The Labute approximate surface area is 113 Å². The molecular weight excluding hydrogens is 289 g/mol. The van der Waals surface area contributed by atoms with Gasteiger partial charge in [-0.25, -0.2) is 9.37 Å². The van der Waals surface area contributed by atoms with Gasteiger partial charge in [-0.2, -0.15) is 13.5 Å². The molecule has 0 bridgehead atoms. The Morgan fingerprint density at radius 2 is 2.25 bits per heavy atom. The number of sulfonamides is 1. The number of nitrogens with two attached hydrogens (primary N) is 1. The predicted octanol–water partition coefficient (Wildman–Crippen LogP) is -0.297. The number of nitrogens with zero attached hydrogens (tertiary/aromatic N) is 3. The third-order valence-corrected chi connectivity index (χ3v) is 3.50. The Hall–Kier alpha value is -2.49. The summed E-state index contributed by atoms with van der Waals surface area (Å²) in [6, 6.07) is 2.26. The fourth-order valence-corrected chi connectivity index (χ4v) is 2.47. The fourth-order valence-electron chi connectivity index (χ4n) is 1.43. The minimum absolute atomic E-state index is 0.0660. The first-order valence-corrected chi connectivity index (χ1v) is 6.81. The van der Waals surface area contributed by atoms with Crippen LogP contribution >= 0.6 is 0 Å². The van der Waals surface area contributed by atoms with Crippen molar-refractivity contribution >= 4 is 21.6 Å². The molecule has 20 heavy (non-hydrogen) atoms. The first-order chi connectivity index (χ1) is 9.38. The number of hydrogen-bond acceptors (Lipinski definition) is 5. The number of aromatic nitrogens is 3. The van der Waals surface area contributed by atoms with Crippen molar-refractivity contribution in [1.82, 2.24) is 14.8 Å². The van der Waals surface area contributed by atoms with Gasteiger partial charge in [0.25, 0.3) is 10.0 Å². The summed E-state index contributed by atoms with van der Waals surface area (Å²) in [6.45, 7) is -0.195. The molecule has 0 fully saturated rings. The van der Waals surface area contributed by atoms with Gasteiger partial charge in [0.1, 0.15) is 6.54 Å². The molecule has 0 saturated heterocycles. The van der Waals surface area contributed by atoms with E-state index in [0.717, 1.165) is 16.9 Å². The molecule has 0 aromatic carbocycles. The molecule has 2 aromatic rings. The van der Waals surface area contributed by atoms with Gasteiger partial charge in [0.15, 0.2) is 5.82 Å². The van der Waals surface area contributed by atoms with Crippen molar-refractivity contribution in [2.45, 2.75) is 11.6 Å². The number of hydrogen-bond donors (Lipinski definition) is 2. The number of halogens is 1. The second-order valence-electron chi connectivity index (χ2n) is 3.79. The maximum Gasteiger partial charge on any atom is 0.282 e. The minimum atomic E-state index is -4.16. The van der Waals surface area contributed by atoms with E-state index in [-0.39, 0.29) is 12.2 Å². The molecule has 2 aromatic heterocycles. The van der Waals surface area contributed by atoms with Gasteiger partial charge in [-0.15, -0.1) is 0 Å². The van der Waals surface area contributed by atoms with Crippen LogP contribution in [0.2, 0.25) is 0 Å². The highest BCUT2D eigenvalue weighted by molar-refractivity contribution is 7.92. The van der Waals surface area contributed by atoms with E-state index in [4.69, 9.17) is 5.73 Å². The second-order valence-corrected chi connectivity index (χ2v) is 5.39. The van der Waals surface area contributed by atoms with Crippen LogP contribution in [0, 0.1) is 5.82 Å². The molecule has 0 radical (unpaired) electrons. The van der Waals surface area contributed by atoms with E-state index in [0.29, 0.717) is 0 Å². The monoisotopic (exact) mass is 299 g/mol. The average Bonchev–Trinajstić information content (AvgIpc) is 2.75. The molecule has 0 spiro atoms. The lowest BCUT2D eigenvalue weighted by atomic mass is 10.5. The van der Waals surface area contributed by atoms with Gasteiger partial charge in [0, 0.05) is 12.4 Å². The van der Waals surface area contributed by atoms with Gasteiger partial charge in [-0.05, 0) is 12.1 Å². The zero-order chi connectivity index (χ0) is 14.8. The maximum absolute atomic E-state index is 13.4. The highest BCUT2D eigenvalue weighted by Crippen LogP contribution is 2.15. The quantitative estimate of drug-likeness (QED) is 0.785. The standard InChI is InChI=1S/C10H10FN5O3S/c11-8-2-1-3-13-10(8)20(18,19)15-7-4-14-16(5-7)6-9(12)17/h1-5,15H,6H2,(H2,12,17). The Morgan fingerprint density at radius 1 is 1.50 bits per heavy atom. The lowest BCUT2D eigenvalue weighted by Crippen LogP contribution is -2.19. The van der Waals surface area contributed by atoms with Crippen LogP contribution in [0.3, 0.4) is 0 Å². The summed E-state index contributed by atoms with van der Waals surface area (Å²) < 4.78 is 40.5. The predicted molar refractivity (Wildman–Crippen MR) is 66.4 cm³/mol. The van der Waals surface area contributed by atoms with Crippen molar-refractivity contribution in [3.8, 4) is 0 Å². The number of primary amides is 1. The summed E-state index contributed by atoms with van der Waals surface area (Å²) in [5.41, 5.74) is 5.04. The van der Waals surface area contributed by atoms with Crippen molar-refractivity contribution in [3.63, 3.8) is 0 Å². The lowest BCUT2D eigenvalue weighted by molar-refractivity contribution is -0.118.